The summed E-state index contributed by atoms with van der Waals surface area (Å²) in [6.45, 7) is 8.90. The van der Waals surface area contributed by atoms with Crippen LogP contribution in [0.4, 0.5) is 0 Å². The molecule has 0 aliphatic carbocycles. The minimum absolute atomic E-state index is 0.847. The topological polar surface area (TPSA) is 12.0 Å². The summed E-state index contributed by atoms with van der Waals surface area (Å²) in [4.78, 5) is 2.81. The third kappa shape index (κ3) is 5.54. The Morgan fingerprint density at radius 1 is 1.41 bits per heavy atom. The molecule has 1 atom stereocenters. The van der Waals surface area contributed by atoms with Crippen molar-refractivity contribution in [1.82, 2.24) is 5.32 Å². The van der Waals surface area contributed by atoms with E-state index < -0.39 is 0 Å². The Labute approximate surface area is 118 Å². The van der Waals surface area contributed by atoms with Crippen molar-refractivity contribution in [2.75, 3.05) is 6.54 Å². The van der Waals surface area contributed by atoms with E-state index in [0.717, 1.165) is 19.0 Å². The molecular weight excluding hydrogens is 294 g/mol. The zero-order valence-electron chi connectivity index (χ0n) is 11.2. The Hall–Kier alpha value is 0.140. The average Bonchev–Trinajstić information content (AvgIpc) is 2.63. The molecule has 0 fully saturated rings. The van der Waals surface area contributed by atoms with Gasteiger partial charge in [-0.05, 0) is 47.8 Å². The lowest BCUT2D eigenvalue weighted by atomic mass is 9.99. The molecule has 1 unspecified atom stereocenters. The minimum atomic E-state index is 0.847. The number of hydrogen-bond acceptors (Lipinski definition) is 2. The Morgan fingerprint density at radius 3 is 2.71 bits per heavy atom. The first-order valence-electron chi connectivity index (χ1n) is 6.62. The lowest BCUT2D eigenvalue weighted by molar-refractivity contribution is 0.420. The van der Waals surface area contributed by atoms with E-state index in [1.54, 1.807) is 0 Å². The second-order valence-electron chi connectivity index (χ2n) is 4.66. The van der Waals surface area contributed by atoms with Crippen molar-refractivity contribution in [2.24, 2.45) is 5.92 Å². The van der Waals surface area contributed by atoms with Crippen molar-refractivity contribution in [3.05, 3.63) is 20.3 Å². The summed E-state index contributed by atoms with van der Waals surface area (Å²) in [6.07, 6.45) is 5.34. The summed E-state index contributed by atoms with van der Waals surface area (Å²) in [7, 11) is 0. The smallest absolute Gasteiger partial charge is 0.0314 e. The summed E-state index contributed by atoms with van der Waals surface area (Å²) < 4.78 is 1.25. The third-order valence-corrected chi connectivity index (χ3v) is 5.32. The van der Waals surface area contributed by atoms with Crippen molar-refractivity contribution in [3.63, 3.8) is 0 Å². The van der Waals surface area contributed by atoms with E-state index in [-0.39, 0.29) is 0 Å². The maximum absolute atomic E-state index is 3.59. The molecular formula is C14H24BrNS. The van der Waals surface area contributed by atoms with Gasteiger partial charge in [-0.2, -0.15) is 0 Å². The molecule has 17 heavy (non-hydrogen) atoms. The van der Waals surface area contributed by atoms with Gasteiger partial charge in [-0.1, -0.05) is 33.1 Å². The molecule has 0 aliphatic rings. The van der Waals surface area contributed by atoms with Crippen LogP contribution in [0.2, 0.25) is 0 Å². The predicted molar refractivity (Wildman–Crippen MR) is 81.8 cm³/mol. The first-order chi connectivity index (χ1) is 8.17. The van der Waals surface area contributed by atoms with Crippen LogP contribution >= 0.6 is 27.3 Å². The third-order valence-electron chi connectivity index (χ3n) is 3.18. The lowest BCUT2D eigenvalue weighted by Crippen LogP contribution is -2.21. The van der Waals surface area contributed by atoms with Gasteiger partial charge >= 0.3 is 0 Å². The van der Waals surface area contributed by atoms with Crippen molar-refractivity contribution in [1.29, 1.82) is 0 Å². The molecule has 1 heterocycles. The first-order valence-corrected chi connectivity index (χ1v) is 8.23. The molecule has 0 aromatic carbocycles. The summed E-state index contributed by atoms with van der Waals surface area (Å²) >= 11 is 5.45. The van der Waals surface area contributed by atoms with Crippen LogP contribution in [0.5, 0.6) is 0 Å². The van der Waals surface area contributed by atoms with Crippen LogP contribution in [0.1, 0.15) is 49.3 Å². The fourth-order valence-electron chi connectivity index (χ4n) is 1.95. The van der Waals surface area contributed by atoms with Gasteiger partial charge in [0.25, 0.3) is 0 Å². The highest BCUT2D eigenvalue weighted by molar-refractivity contribution is 9.10. The number of nitrogens with one attached hydrogen (secondary N) is 1. The monoisotopic (exact) mass is 317 g/mol. The zero-order valence-corrected chi connectivity index (χ0v) is 13.6. The number of thiophene rings is 1. The quantitative estimate of drug-likeness (QED) is 0.701. The standard InChI is InChI=1S/C14H24BrNS/c1-4-6-7-12(5-2)9-16-10-13-8-14(15)11(3)17-13/h8,12,16H,4-7,9-10H2,1-3H3. The molecule has 1 rings (SSSR count). The normalized spacial score (nSPS) is 12.9. The summed E-state index contributed by atoms with van der Waals surface area (Å²) in [6, 6.07) is 2.24. The minimum Gasteiger partial charge on any atom is -0.312 e. The van der Waals surface area contributed by atoms with Crippen LogP contribution in [0.3, 0.4) is 0 Å². The largest absolute Gasteiger partial charge is 0.312 e. The molecule has 0 saturated carbocycles. The molecule has 98 valence electrons. The van der Waals surface area contributed by atoms with E-state index in [2.05, 4.69) is 48.1 Å². The van der Waals surface area contributed by atoms with Crippen molar-refractivity contribution in [2.45, 2.75) is 53.0 Å². The van der Waals surface area contributed by atoms with Gasteiger partial charge < -0.3 is 5.32 Å². The van der Waals surface area contributed by atoms with Gasteiger partial charge in [0.2, 0.25) is 0 Å². The van der Waals surface area contributed by atoms with Crippen LogP contribution in [-0.4, -0.2) is 6.54 Å². The molecule has 0 aliphatic heterocycles. The van der Waals surface area contributed by atoms with Gasteiger partial charge in [-0.15, -0.1) is 11.3 Å². The van der Waals surface area contributed by atoms with Gasteiger partial charge in [0.15, 0.2) is 0 Å². The molecule has 0 bridgehead atoms. The van der Waals surface area contributed by atoms with E-state index in [1.165, 1.54) is 39.9 Å². The lowest BCUT2D eigenvalue weighted by Gasteiger charge is -2.14. The number of aryl methyl sites for hydroxylation is 1. The molecule has 0 radical (unpaired) electrons. The van der Waals surface area contributed by atoms with Gasteiger partial charge in [0, 0.05) is 20.8 Å². The maximum atomic E-state index is 3.59. The van der Waals surface area contributed by atoms with Crippen LogP contribution < -0.4 is 5.32 Å². The molecule has 1 N–H and O–H groups in total. The van der Waals surface area contributed by atoms with Gasteiger partial charge in [-0.25, -0.2) is 0 Å². The highest BCUT2D eigenvalue weighted by Crippen LogP contribution is 2.26. The first kappa shape index (κ1) is 15.2. The van der Waals surface area contributed by atoms with E-state index in [4.69, 9.17) is 0 Å². The fourth-order valence-corrected chi connectivity index (χ4v) is 3.52. The molecule has 1 aromatic heterocycles. The van der Waals surface area contributed by atoms with Crippen LogP contribution in [0.25, 0.3) is 0 Å². The number of unbranched alkanes of at least 4 members (excludes halogenated alkanes) is 1. The SMILES string of the molecule is CCCCC(CC)CNCc1cc(Br)c(C)s1. The Morgan fingerprint density at radius 2 is 2.18 bits per heavy atom. The van der Waals surface area contributed by atoms with E-state index >= 15 is 0 Å². The highest BCUT2D eigenvalue weighted by atomic mass is 79.9. The molecule has 3 heteroatoms. The molecule has 1 nitrogen and oxygen atoms in total. The van der Waals surface area contributed by atoms with Crippen LogP contribution in [0.15, 0.2) is 10.5 Å². The summed E-state index contributed by atoms with van der Waals surface area (Å²) in [5.74, 6) is 0.847. The molecule has 0 amide bonds. The maximum Gasteiger partial charge on any atom is 0.0314 e. The highest BCUT2D eigenvalue weighted by Gasteiger charge is 2.06. The molecule has 0 saturated heterocycles. The van der Waals surface area contributed by atoms with Crippen molar-refractivity contribution >= 4 is 27.3 Å². The number of hydrogen-bond donors (Lipinski definition) is 1. The molecule has 1 aromatic rings. The predicted octanol–water partition coefficient (Wildman–Crippen LogP) is 5.13. The Bertz CT molecular complexity index is 303. The number of halogens is 1. The van der Waals surface area contributed by atoms with Crippen LogP contribution in [-0.2, 0) is 6.54 Å². The van der Waals surface area contributed by atoms with E-state index in [0.29, 0.717) is 0 Å². The average molecular weight is 318 g/mol. The van der Waals surface area contributed by atoms with Crippen molar-refractivity contribution < 1.29 is 0 Å². The van der Waals surface area contributed by atoms with Gasteiger partial charge in [0.1, 0.15) is 0 Å². The second-order valence-corrected chi connectivity index (χ2v) is 6.86. The Balaban J connectivity index is 2.26. The number of rotatable bonds is 8. The second kappa shape index (κ2) is 8.28. The summed E-state index contributed by atoms with van der Waals surface area (Å²) in [5, 5.41) is 3.59. The Kier molecular flexibility index (Phi) is 7.40. The fraction of sp³-hybridized carbons (Fsp3) is 0.714. The van der Waals surface area contributed by atoms with Crippen molar-refractivity contribution in [3.8, 4) is 0 Å². The van der Waals surface area contributed by atoms with Gasteiger partial charge in [0.05, 0.1) is 0 Å². The van der Waals surface area contributed by atoms with E-state index in [9.17, 15) is 0 Å². The van der Waals surface area contributed by atoms with Gasteiger partial charge in [-0.3, -0.25) is 0 Å². The van der Waals surface area contributed by atoms with E-state index in [1.807, 2.05) is 11.3 Å². The molecule has 0 spiro atoms. The van der Waals surface area contributed by atoms with Crippen LogP contribution in [0, 0.1) is 12.8 Å². The zero-order chi connectivity index (χ0) is 12.7. The summed E-state index contributed by atoms with van der Waals surface area (Å²) in [5.41, 5.74) is 0.